The summed E-state index contributed by atoms with van der Waals surface area (Å²) >= 11 is 1.72. The molecule has 0 aromatic heterocycles. The largest absolute Gasteiger partial charge is 0.466 e. The fourth-order valence-electron chi connectivity index (χ4n) is 4.35. The van der Waals surface area contributed by atoms with Crippen LogP contribution in [0.1, 0.15) is 98.3 Å². The molecule has 2 N–H and O–H groups in total. The van der Waals surface area contributed by atoms with Crippen molar-refractivity contribution in [2.24, 2.45) is 0 Å². The van der Waals surface area contributed by atoms with Crippen molar-refractivity contribution in [3.8, 4) is 0 Å². The van der Waals surface area contributed by atoms with Crippen molar-refractivity contribution in [2.45, 2.75) is 109 Å². The van der Waals surface area contributed by atoms with Gasteiger partial charge >= 0.3 is 5.97 Å². The first-order chi connectivity index (χ1) is 19.8. The number of amides is 1. The third-order valence-electron chi connectivity index (χ3n) is 7.12. The lowest BCUT2D eigenvalue weighted by molar-refractivity contribution is -0.138. The van der Waals surface area contributed by atoms with Crippen LogP contribution in [0.3, 0.4) is 0 Å². The summed E-state index contributed by atoms with van der Waals surface area (Å²) in [5.41, 5.74) is -0.625. The molecule has 1 aliphatic carbocycles. The molecule has 0 spiro atoms. The summed E-state index contributed by atoms with van der Waals surface area (Å²) in [5.74, 6) is 0.268. The summed E-state index contributed by atoms with van der Waals surface area (Å²) in [6, 6.07) is 0. The SMILES string of the molecule is CC/C=C\C/C=C\C/C=C\C/C=C\C/C=C\CCCCSC(CC)(CC)C(=O)NC1=CCC(C)(O)C(C(=O)OC)=C1. The number of nitrogens with one attached hydrogen (secondary N) is 1. The first kappa shape index (κ1) is 36.5. The molecule has 0 radical (unpaired) electrons. The fourth-order valence-corrected chi connectivity index (χ4v) is 5.68. The van der Waals surface area contributed by atoms with E-state index in [1.54, 1.807) is 24.8 Å². The van der Waals surface area contributed by atoms with E-state index in [9.17, 15) is 14.7 Å². The van der Waals surface area contributed by atoms with Gasteiger partial charge in [0.05, 0.1) is 23.0 Å². The van der Waals surface area contributed by atoms with Crippen LogP contribution in [0.4, 0.5) is 0 Å². The quantitative estimate of drug-likeness (QED) is 0.0854. The molecule has 1 rings (SSSR count). The zero-order valence-electron chi connectivity index (χ0n) is 26.0. The minimum atomic E-state index is -1.31. The Morgan fingerprint density at radius 2 is 1.46 bits per heavy atom. The minimum Gasteiger partial charge on any atom is -0.466 e. The van der Waals surface area contributed by atoms with Crippen LogP contribution in [0.15, 0.2) is 84.2 Å². The number of ether oxygens (including phenoxy) is 1. The Morgan fingerprint density at radius 1 is 0.927 bits per heavy atom. The lowest BCUT2D eigenvalue weighted by Crippen LogP contribution is -2.44. The molecule has 228 valence electrons. The summed E-state index contributed by atoms with van der Waals surface area (Å²) in [7, 11) is 1.28. The Morgan fingerprint density at radius 3 is 1.98 bits per heavy atom. The van der Waals surface area contributed by atoms with Crippen LogP contribution >= 0.6 is 11.8 Å². The van der Waals surface area contributed by atoms with Gasteiger partial charge in [0.15, 0.2) is 0 Å². The standard InChI is InChI=1S/C35H53NO4S/c1-6-9-10-11-12-13-14-15-16-17-18-19-20-21-22-23-24-25-28-41-35(7-2,8-3)33(38)36-30-26-27-34(4,39)31(29-30)32(37)40-5/h9-10,12-13,15-16,18-19,21-22,26,29,39H,6-8,11,14,17,20,23-25,27-28H2,1-5H3,(H,36,38)/b10-9-,13-12-,16-15-,19-18-,22-21-. The third-order valence-corrected chi connectivity index (χ3v) is 8.93. The second-order valence-corrected chi connectivity index (χ2v) is 11.9. The zero-order chi connectivity index (χ0) is 30.4. The molecular formula is C35H53NO4S. The van der Waals surface area contributed by atoms with E-state index >= 15 is 0 Å². The summed E-state index contributed by atoms with van der Waals surface area (Å²) in [6.07, 6.45) is 35.3. The van der Waals surface area contributed by atoms with E-state index in [1.807, 2.05) is 13.8 Å². The maximum absolute atomic E-state index is 13.3. The molecule has 5 nitrogen and oxygen atoms in total. The summed E-state index contributed by atoms with van der Waals surface area (Å²) in [6.45, 7) is 7.81. The Hall–Kier alpha value is -2.57. The number of carbonyl (C=O) groups excluding carboxylic acids is 2. The number of thioether (sulfide) groups is 1. The van der Waals surface area contributed by atoms with E-state index < -0.39 is 16.3 Å². The van der Waals surface area contributed by atoms with E-state index in [1.165, 1.54) is 13.2 Å². The number of carbonyl (C=O) groups is 2. The Labute approximate surface area is 253 Å². The number of aliphatic hydroxyl groups is 1. The second-order valence-electron chi connectivity index (χ2n) is 10.4. The van der Waals surface area contributed by atoms with Crippen LogP contribution in [0.25, 0.3) is 0 Å². The van der Waals surface area contributed by atoms with Gasteiger partial charge in [-0.2, -0.15) is 0 Å². The summed E-state index contributed by atoms with van der Waals surface area (Å²) in [4.78, 5) is 25.4. The van der Waals surface area contributed by atoms with Crippen molar-refractivity contribution in [1.82, 2.24) is 5.32 Å². The van der Waals surface area contributed by atoms with E-state index in [0.717, 1.165) is 57.1 Å². The number of hydrogen-bond acceptors (Lipinski definition) is 5. The maximum atomic E-state index is 13.3. The monoisotopic (exact) mass is 583 g/mol. The number of allylic oxidation sites excluding steroid dienone is 11. The summed E-state index contributed by atoms with van der Waals surface area (Å²) in [5, 5.41) is 13.5. The van der Waals surface area contributed by atoms with Gasteiger partial charge in [-0.25, -0.2) is 4.79 Å². The minimum absolute atomic E-state index is 0.0569. The van der Waals surface area contributed by atoms with Crippen LogP contribution in [0, 0.1) is 0 Å². The number of unbranched alkanes of at least 4 members (excludes halogenated alkanes) is 2. The molecule has 41 heavy (non-hydrogen) atoms. The van der Waals surface area contributed by atoms with E-state index in [0.29, 0.717) is 18.5 Å². The first-order valence-electron chi connectivity index (χ1n) is 15.2. The number of hydrogen-bond donors (Lipinski definition) is 2. The van der Waals surface area contributed by atoms with Gasteiger partial charge in [0.25, 0.3) is 0 Å². The fraction of sp³-hybridized carbons (Fsp3) is 0.543. The lowest BCUT2D eigenvalue weighted by atomic mass is 9.87. The molecule has 0 aromatic rings. The van der Waals surface area contributed by atoms with E-state index in [4.69, 9.17) is 4.74 Å². The number of methoxy groups -OCH3 is 1. The molecule has 1 aliphatic rings. The van der Waals surface area contributed by atoms with E-state index in [2.05, 4.69) is 73.0 Å². The number of esters is 1. The van der Waals surface area contributed by atoms with Crippen molar-refractivity contribution in [1.29, 1.82) is 0 Å². The highest BCUT2D eigenvalue weighted by molar-refractivity contribution is 8.01. The summed E-state index contributed by atoms with van der Waals surface area (Å²) < 4.78 is 4.28. The second kappa shape index (κ2) is 21.2. The van der Waals surface area contributed by atoms with Crippen molar-refractivity contribution < 1.29 is 19.4 Å². The molecule has 1 atom stereocenters. The first-order valence-corrected chi connectivity index (χ1v) is 16.2. The van der Waals surface area contributed by atoms with Crippen LogP contribution in [0.2, 0.25) is 0 Å². The molecular weight excluding hydrogens is 530 g/mol. The normalized spacial score (nSPS) is 18.2. The van der Waals surface area contributed by atoms with Crippen LogP contribution in [0.5, 0.6) is 0 Å². The molecule has 1 unspecified atom stereocenters. The lowest BCUT2D eigenvalue weighted by Gasteiger charge is -2.32. The molecule has 0 saturated carbocycles. The molecule has 0 fully saturated rings. The highest BCUT2D eigenvalue weighted by atomic mass is 32.2. The number of rotatable bonds is 20. The predicted octanol–water partition coefficient (Wildman–Crippen LogP) is 8.45. The van der Waals surface area contributed by atoms with Gasteiger partial charge in [0.1, 0.15) is 0 Å². The zero-order valence-corrected chi connectivity index (χ0v) is 26.8. The smallest absolute Gasteiger partial charge is 0.336 e. The topological polar surface area (TPSA) is 75.6 Å². The highest BCUT2D eigenvalue weighted by Gasteiger charge is 2.37. The average Bonchev–Trinajstić information content (AvgIpc) is 2.97. The van der Waals surface area contributed by atoms with Crippen molar-refractivity contribution in [3.05, 3.63) is 84.2 Å². The molecule has 0 bridgehead atoms. The molecule has 0 aliphatic heterocycles. The van der Waals surface area contributed by atoms with Gasteiger partial charge in [-0.1, -0.05) is 87.6 Å². The van der Waals surface area contributed by atoms with Gasteiger partial charge in [-0.3, -0.25) is 4.79 Å². The molecule has 0 saturated heterocycles. The van der Waals surface area contributed by atoms with Gasteiger partial charge in [-0.15, -0.1) is 11.8 Å². The van der Waals surface area contributed by atoms with Gasteiger partial charge in [0, 0.05) is 12.1 Å². The molecule has 6 heteroatoms. The van der Waals surface area contributed by atoms with Crippen LogP contribution < -0.4 is 5.32 Å². The Bertz CT molecular complexity index is 994. The Kier molecular flexibility index (Phi) is 18.8. The third kappa shape index (κ3) is 14.2. The van der Waals surface area contributed by atoms with Crippen molar-refractivity contribution in [3.63, 3.8) is 0 Å². The van der Waals surface area contributed by atoms with Gasteiger partial charge < -0.3 is 15.2 Å². The maximum Gasteiger partial charge on any atom is 0.336 e. The van der Waals surface area contributed by atoms with Crippen molar-refractivity contribution >= 4 is 23.6 Å². The van der Waals surface area contributed by atoms with Gasteiger partial charge in [-0.05, 0) is 83.0 Å². The van der Waals surface area contributed by atoms with Crippen LogP contribution in [-0.4, -0.2) is 40.2 Å². The molecule has 0 aromatic carbocycles. The van der Waals surface area contributed by atoms with Gasteiger partial charge in [0.2, 0.25) is 5.91 Å². The Balaban J connectivity index is 2.35. The van der Waals surface area contributed by atoms with Crippen LogP contribution in [-0.2, 0) is 14.3 Å². The van der Waals surface area contributed by atoms with Crippen molar-refractivity contribution in [2.75, 3.05) is 12.9 Å². The predicted molar refractivity (Wildman–Crippen MR) is 176 cm³/mol. The highest BCUT2D eigenvalue weighted by Crippen LogP contribution is 2.35. The molecule has 1 amide bonds. The average molecular weight is 584 g/mol. The van der Waals surface area contributed by atoms with E-state index in [-0.39, 0.29) is 17.9 Å². The molecule has 0 heterocycles.